The molecule has 0 radical (unpaired) electrons. The van der Waals surface area contributed by atoms with Crippen LogP contribution in [-0.4, -0.2) is 23.9 Å². The monoisotopic (exact) mass is 626 g/mol. The van der Waals surface area contributed by atoms with Crippen molar-refractivity contribution in [3.63, 3.8) is 0 Å². The van der Waals surface area contributed by atoms with E-state index in [-0.39, 0.29) is 5.91 Å². The van der Waals surface area contributed by atoms with Gasteiger partial charge in [-0.25, -0.2) is 0 Å². The Morgan fingerprint density at radius 2 is 0.622 bits per heavy atom. The number of benzene rings is 1. The van der Waals surface area contributed by atoms with Crippen molar-refractivity contribution >= 4 is 5.91 Å². The summed E-state index contributed by atoms with van der Waals surface area (Å²) in [5.41, 5.74) is 0.852. The van der Waals surface area contributed by atoms with E-state index < -0.39 is 0 Å². The molecule has 1 aromatic rings. The summed E-state index contributed by atoms with van der Waals surface area (Å²) < 4.78 is 0. The summed E-state index contributed by atoms with van der Waals surface area (Å²) in [6.45, 7) is 6.44. The molecule has 0 unspecified atom stereocenters. The topological polar surface area (TPSA) is 20.3 Å². The van der Waals surface area contributed by atoms with Crippen molar-refractivity contribution in [3.05, 3.63) is 35.9 Å². The lowest BCUT2D eigenvalue weighted by molar-refractivity contribution is 0.0749. The van der Waals surface area contributed by atoms with Gasteiger partial charge in [0.1, 0.15) is 0 Å². The highest BCUT2D eigenvalue weighted by Gasteiger charge is 2.14. The molecule has 0 atom stereocenters. The van der Waals surface area contributed by atoms with E-state index in [2.05, 4.69) is 18.7 Å². The molecule has 0 bridgehead atoms. The second kappa shape index (κ2) is 34.0. The Morgan fingerprint density at radius 3 is 0.889 bits per heavy atom. The fourth-order valence-corrected chi connectivity index (χ4v) is 6.78. The molecule has 0 aliphatic rings. The number of hydrogen-bond acceptors (Lipinski definition) is 1. The van der Waals surface area contributed by atoms with Gasteiger partial charge in [0, 0.05) is 18.7 Å². The summed E-state index contributed by atoms with van der Waals surface area (Å²) in [5, 5.41) is 0. The molecule has 0 spiro atoms. The SMILES string of the molecule is CCCCCCCCCCCCCCCCCCN(CCCCCCCCCCCCCCCCCC)C(=O)c1ccccc1. The molecule has 0 aliphatic heterocycles. The Bertz CT molecular complexity index is 680. The number of carbonyl (C=O) groups excluding carboxylic acids is 1. The third-order valence-electron chi connectivity index (χ3n) is 9.87. The Labute approximate surface area is 283 Å². The van der Waals surface area contributed by atoms with Gasteiger partial charge in [0.2, 0.25) is 0 Å². The Kier molecular flexibility index (Phi) is 31.6. The number of amides is 1. The van der Waals surface area contributed by atoms with Crippen molar-refractivity contribution in [3.8, 4) is 0 Å². The molecule has 0 aliphatic carbocycles. The average Bonchev–Trinajstić information content (AvgIpc) is 3.07. The van der Waals surface area contributed by atoms with E-state index in [0.717, 1.165) is 31.5 Å². The first-order valence-corrected chi connectivity index (χ1v) is 20.6. The van der Waals surface area contributed by atoms with Gasteiger partial charge >= 0.3 is 0 Å². The lowest BCUT2D eigenvalue weighted by Crippen LogP contribution is -2.33. The zero-order chi connectivity index (χ0) is 32.3. The fourth-order valence-electron chi connectivity index (χ4n) is 6.78. The molecule has 2 heteroatoms. The van der Waals surface area contributed by atoms with Gasteiger partial charge in [-0.1, -0.05) is 225 Å². The first-order chi connectivity index (χ1) is 22.3. The summed E-state index contributed by atoms with van der Waals surface area (Å²) in [7, 11) is 0. The quantitative estimate of drug-likeness (QED) is 0.0687. The minimum atomic E-state index is 0.234. The first-order valence-electron chi connectivity index (χ1n) is 20.6. The van der Waals surface area contributed by atoms with E-state index >= 15 is 0 Å². The van der Waals surface area contributed by atoms with E-state index in [1.54, 1.807) is 0 Å². The number of nitrogens with zero attached hydrogens (tertiary/aromatic N) is 1. The molecule has 0 N–H and O–H groups in total. The van der Waals surface area contributed by atoms with Gasteiger partial charge in [0.15, 0.2) is 0 Å². The van der Waals surface area contributed by atoms with Crippen LogP contribution in [0.3, 0.4) is 0 Å². The molecule has 0 fully saturated rings. The van der Waals surface area contributed by atoms with Crippen LogP contribution in [0.25, 0.3) is 0 Å². The van der Waals surface area contributed by atoms with Gasteiger partial charge in [0.25, 0.3) is 5.91 Å². The Morgan fingerprint density at radius 1 is 0.378 bits per heavy atom. The van der Waals surface area contributed by atoms with Crippen molar-refractivity contribution in [2.24, 2.45) is 0 Å². The lowest BCUT2D eigenvalue weighted by Gasteiger charge is -2.23. The normalized spacial score (nSPS) is 11.3. The van der Waals surface area contributed by atoms with E-state index in [1.165, 1.54) is 193 Å². The molecule has 2 nitrogen and oxygen atoms in total. The molecular weight excluding hydrogens is 546 g/mol. The van der Waals surface area contributed by atoms with Crippen molar-refractivity contribution in [2.75, 3.05) is 13.1 Å². The molecule has 0 saturated carbocycles. The van der Waals surface area contributed by atoms with Crippen LogP contribution < -0.4 is 0 Å². The molecule has 0 aromatic heterocycles. The summed E-state index contributed by atoms with van der Waals surface area (Å²) >= 11 is 0. The minimum absolute atomic E-state index is 0.234. The van der Waals surface area contributed by atoms with E-state index in [9.17, 15) is 4.79 Å². The van der Waals surface area contributed by atoms with Gasteiger partial charge in [-0.3, -0.25) is 4.79 Å². The summed E-state index contributed by atoms with van der Waals surface area (Å²) in [4.78, 5) is 15.4. The van der Waals surface area contributed by atoms with Crippen LogP contribution in [-0.2, 0) is 0 Å². The maximum atomic E-state index is 13.3. The molecule has 0 saturated heterocycles. The van der Waals surface area contributed by atoms with Crippen LogP contribution in [0.1, 0.15) is 230 Å². The largest absolute Gasteiger partial charge is 0.339 e. The van der Waals surface area contributed by atoms with E-state index in [4.69, 9.17) is 0 Å². The van der Waals surface area contributed by atoms with Crippen LogP contribution >= 0.6 is 0 Å². The molecule has 1 rings (SSSR count). The lowest BCUT2D eigenvalue weighted by atomic mass is 10.0. The van der Waals surface area contributed by atoms with Crippen LogP contribution in [0.4, 0.5) is 0 Å². The summed E-state index contributed by atoms with van der Waals surface area (Å²) in [6, 6.07) is 9.96. The smallest absolute Gasteiger partial charge is 0.253 e. The van der Waals surface area contributed by atoms with E-state index in [1.807, 2.05) is 30.3 Å². The van der Waals surface area contributed by atoms with Crippen molar-refractivity contribution in [1.82, 2.24) is 4.90 Å². The van der Waals surface area contributed by atoms with Crippen LogP contribution in [0, 0.1) is 0 Å². The average molecular weight is 626 g/mol. The predicted octanol–water partition coefficient (Wildman–Crippen LogP) is 14.7. The van der Waals surface area contributed by atoms with Crippen LogP contribution in [0.5, 0.6) is 0 Å². The van der Waals surface area contributed by atoms with Gasteiger partial charge in [-0.15, -0.1) is 0 Å². The Hall–Kier alpha value is -1.31. The molecule has 1 amide bonds. The first kappa shape index (κ1) is 41.7. The van der Waals surface area contributed by atoms with Crippen molar-refractivity contribution in [2.45, 2.75) is 219 Å². The second-order valence-corrected chi connectivity index (χ2v) is 14.3. The summed E-state index contributed by atoms with van der Waals surface area (Å²) in [5.74, 6) is 0.234. The highest BCUT2D eigenvalue weighted by Crippen LogP contribution is 2.16. The number of hydrogen-bond donors (Lipinski definition) is 0. The number of rotatable bonds is 35. The van der Waals surface area contributed by atoms with Crippen LogP contribution in [0.15, 0.2) is 30.3 Å². The molecule has 0 heterocycles. The van der Waals surface area contributed by atoms with Gasteiger partial charge in [-0.2, -0.15) is 0 Å². The molecule has 1 aromatic carbocycles. The summed E-state index contributed by atoms with van der Waals surface area (Å²) in [6.07, 6.45) is 44.4. The zero-order valence-electron chi connectivity index (χ0n) is 30.8. The maximum absolute atomic E-state index is 13.3. The molecular formula is C43H79NO. The minimum Gasteiger partial charge on any atom is -0.339 e. The predicted molar refractivity (Wildman–Crippen MR) is 201 cm³/mol. The third-order valence-corrected chi connectivity index (χ3v) is 9.87. The number of unbranched alkanes of at least 4 members (excludes halogenated alkanes) is 30. The van der Waals surface area contributed by atoms with Crippen molar-refractivity contribution < 1.29 is 4.79 Å². The van der Waals surface area contributed by atoms with Crippen molar-refractivity contribution in [1.29, 1.82) is 0 Å². The zero-order valence-corrected chi connectivity index (χ0v) is 30.8. The van der Waals surface area contributed by atoms with Gasteiger partial charge in [-0.05, 0) is 25.0 Å². The Balaban J connectivity index is 2.05. The maximum Gasteiger partial charge on any atom is 0.253 e. The molecule has 262 valence electrons. The standard InChI is InChI=1S/C43H79NO/c1-3-5-7-9-11-13-15-17-19-21-23-25-27-29-31-36-40-44(43(45)42-38-34-33-35-39-42)41-37-32-30-28-26-24-22-20-18-16-14-12-10-8-6-4-2/h33-35,38-39H,3-32,36-37,40-41H2,1-2H3. The molecule has 45 heavy (non-hydrogen) atoms. The number of carbonyl (C=O) groups is 1. The van der Waals surface area contributed by atoms with Gasteiger partial charge < -0.3 is 4.90 Å². The highest BCUT2D eigenvalue weighted by atomic mass is 16.2. The van der Waals surface area contributed by atoms with Crippen LogP contribution in [0.2, 0.25) is 0 Å². The highest BCUT2D eigenvalue weighted by molar-refractivity contribution is 5.94. The van der Waals surface area contributed by atoms with E-state index in [0.29, 0.717) is 0 Å². The fraction of sp³-hybridized carbons (Fsp3) is 0.837. The van der Waals surface area contributed by atoms with Gasteiger partial charge in [0.05, 0.1) is 0 Å². The third kappa shape index (κ3) is 27.5. The second-order valence-electron chi connectivity index (χ2n) is 14.3.